The van der Waals surface area contributed by atoms with Crippen molar-refractivity contribution < 1.29 is 9.90 Å². The Morgan fingerprint density at radius 2 is 2.04 bits per heavy atom. The molecule has 4 heteroatoms. The van der Waals surface area contributed by atoms with Crippen molar-refractivity contribution in [2.24, 2.45) is 5.92 Å². The summed E-state index contributed by atoms with van der Waals surface area (Å²) in [5, 5.41) is 13.0. The van der Waals surface area contributed by atoms with E-state index in [0.717, 1.165) is 19.4 Å². The van der Waals surface area contributed by atoms with Crippen molar-refractivity contribution in [1.29, 1.82) is 0 Å². The molecule has 0 aromatic heterocycles. The van der Waals surface area contributed by atoms with E-state index in [4.69, 9.17) is 0 Å². The highest BCUT2D eigenvalue weighted by atomic mass is 16.3. The lowest BCUT2D eigenvalue weighted by Gasteiger charge is -2.36. The van der Waals surface area contributed by atoms with Gasteiger partial charge in [-0.15, -0.1) is 0 Å². The average Bonchev–Trinajstić information content (AvgIpc) is 2.66. The van der Waals surface area contributed by atoms with E-state index in [1.54, 1.807) is 0 Å². The van der Waals surface area contributed by atoms with E-state index in [9.17, 15) is 9.90 Å². The van der Waals surface area contributed by atoms with Crippen LogP contribution >= 0.6 is 0 Å². The third-order valence-electron chi connectivity index (χ3n) is 6.02. The van der Waals surface area contributed by atoms with E-state index in [2.05, 4.69) is 30.4 Å². The van der Waals surface area contributed by atoms with Gasteiger partial charge in [0.1, 0.15) is 0 Å². The van der Waals surface area contributed by atoms with Crippen molar-refractivity contribution in [3.05, 3.63) is 35.4 Å². The predicted molar refractivity (Wildman–Crippen MR) is 100 cm³/mol. The maximum Gasteiger partial charge on any atom is 0.237 e. The van der Waals surface area contributed by atoms with Crippen LogP contribution in [0.1, 0.15) is 62.6 Å². The number of aliphatic hydroxyl groups is 1. The lowest BCUT2D eigenvalue weighted by Crippen LogP contribution is -2.46. The number of nitrogens with one attached hydrogen (secondary N) is 1. The minimum absolute atomic E-state index is 0.0411. The van der Waals surface area contributed by atoms with E-state index in [1.807, 2.05) is 11.0 Å². The fourth-order valence-electron chi connectivity index (χ4n) is 4.49. The normalized spacial score (nSPS) is 22.5. The van der Waals surface area contributed by atoms with Gasteiger partial charge in [-0.3, -0.25) is 4.79 Å². The summed E-state index contributed by atoms with van der Waals surface area (Å²) in [5.74, 6) is 0.846. The van der Waals surface area contributed by atoms with Crippen LogP contribution in [0.5, 0.6) is 0 Å². The summed E-state index contributed by atoms with van der Waals surface area (Å²) in [5.41, 5.74) is 2.63. The summed E-state index contributed by atoms with van der Waals surface area (Å²) in [6.45, 7) is 3.33. The predicted octanol–water partition coefficient (Wildman–Crippen LogP) is 3.05. The topological polar surface area (TPSA) is 52.6 Å². The van der Waals surface area contributed by atoms with Crippen molar-refractivity contribution in [3.8, 4) is 0 Å². The number of amides is 1. The molecular weight excluding hydrogens is 312 g/mol. The fourth-order valence-corrected chi connectivity index (χ4v) is 4.49. The van der Waals surface area contributed by atoms with Crippen LogP contribution < -0.4 is 5.32 Å². The standard InChI is InChI=1S/C21H32N2O2/c1-16-20-10-6-5-9-18(20)11-12-23(16)21(25)14-22-19(15-24)13-17-7-3-2-4-8-17/h5-6,9-10,16-17,19,22,24H,2-4,7-8,11-15H2,1H3/t16-,19+/m1/s1. The van der Waals surface area contributed by atoms with Crippen molar-refractivity contribution in [3.63, 3.8) is 0 Å². The van der Waals surface area contributed by atoms with Gasteiger partial charge in [-0.2, -0.15) is 0 Å². The molecule has 0 spiro atoms. The summed E-state index contributed by atoms with van der Waals surface area (Å²) >= 11 is 0. The second kappa shape index (κ2) is 8.81. The number of carbonyl (C=O) groups is 1. The maximum absolute atomic E-state index is 12.7. The van der Waals surface area contributed by atoms with Gasteiger partial charge in [0.05, 0.1) is 19.2 Å². The van der Waals surface area contributed by atoms with E-state index in [-0.39, 0.29) is 24.6 Å². The molecule has 0 unspecified atom stereocenters. The molecule has 3 rings (SSSR count). The van der Waals surface area contributed by atoms with Gasteiger partial charge in [0.15, 0.2) is 0 Å². The SMILES string of the molecule is C[C@@H]1c2ccccc2CCN1C(=O)CN[C@H](CO)CC1CCCCC1. The molecular formula is C21H32N2O2. The summed E-state index contributed by atoms with van der Waals surface area (Å²) in [6, 6.07) is 8.59. The van der Waals surface area contributed by atoms with Crippen LogP contribution in [-0.2, 0) is 11.2 Å². The highest BCUT2D eigenvalue weighted by Gasteiger charge is 2.27. The third kappa shape index (κ3) is 4.62. The van der Waals surface area contributed by atoms with E-state index in [1.165, 1.54) is 43.2 Å². The third-order valence-corrected chi connectivity index (χ3v) is 6.02. The largest absolute Gasteiger partial charge is 0.395 e. The molecule has 1 amide bonds. The molecule has 2 atom stereocenters. The van der Waals surface area contributed by atoms with E-state index < -0.39 is 0 Å². The Kier molecular flexibility index (Phi) is 6.49. The molecule has 1 heterocycles. The highest BCUT2D eigenvalue weighted by Crippen LogP contribution is 2.29. The fraction of sp³-hybridized carbons (Fsp3) is 0.667. The molecule has 1 aromatic carbocycles. The van der Waals surface area contributed by atoms with Crippen LogP contribution in [0.4, 0.5) is 0 Å². The number of nitrogens with zero attached hydrogens (tertiary/aromatic N) is 1. The monoisotopic (exact) mass is 344 g/mol. The summed E-state index contributed by atoms with van der Waals surface area (Å²) in [7, 11) is 0. The number of hydrogen-bond acceptors (Lipinski definition) is 3. The molecule has 0 saturated heterocycles. The number of benzene rings is 1. The van der Waals surface area contributed by atoms with Gasteiger partial charge >= 0.3 is 0 Å². The number of hydrogen-bond donors (Lipinski definition) is 2. The second-order valence-electron chi connectivity index (χ2n) is 7.71. The van der Waals surface area contributed by atoms with Crippen LogP contribution in [0.15, 0.2) is 24.3 Å². The summed E-state index contributed by atoms with van der Waals surface area (Å²) in [6.07, 6.45) is 8.43. The molecule has 2 aliphatic rings. The average molecular weight is 344 g/mol. The molecule has 25 heavy (non-hydrogen) atoms. The van der Waals surface area contributed by atoms with Gasteiger partial charge < -0.3 is 15.3 Å². The zero-order chi connectivity index (χ0) is 17.6. The van der Waals surface area contributed by atoms with Crippen molar-refractivity contribution in [1.82, 2.24) is 10.2 Å². The Hall–Kier alpha value is -1.39. The van der Waals surface area contributed by atoms with Crippen LogP contribution in [0.3, 0.4) is 0 Å². The Balaban J connectivity index is 1.51. The number of carbonyl (C=O) groups excluding carboxylic acids is 1. The van der Waals surface area contributed by atoms with Crippen LogP contribution in [0, 0.1) is 5.92 Å². The number of fused-ring (bicyclic) bond motifs is 1. The van der Waals surface area contributed by atoms with Gasteiger partial charge in [-0.05, 0) is 36.8 Å². The number of aliphatic hydroxyl groups excluding tert-OH is 1. The Morgan fingerprint density at radius 3 is 2.80 bits per heavy atom. The lowest BCUT2D eigenvalue weighted by molar-refractivity contribution is -0.133. The van der Waals surface area contributed by atoms with Gasteiger partial charge in [-0.1, -0.05) is 56.4 Å². The van der Waals surface area contributed by atoms with Crippen molar-refractivity contribution >= 4 is 5.91 Å². The first-order valence-corrected chi connectivity index (χ1v) is 9.90. The molecule has 1 aliphatic heterocycles. The van der Waals surface area contributed by atoms with Crippen molar-refractivity contribution in [2.45, 2.75) is 64.0 Å². The lowest BCUT2D eigenvalue weighted by atomic mass is 9.85. The Labute approximate surface area is 151 Å². The van der Waals surface area contributed by atoms with Crippen LogP contribution in [0.2, 0.25) is 0 Å². The second-order valence-corrected chi connectivity index (χ2v) is 7.71. The molecule has 1 fully saturated rings. The molecule has 0 bridgehead atoms. The maximum atomic E-state index is 12.7. The summed E-state index contributed by atoms with van der Waals surface area (Å²) in [4.78, 5) is 14.7. The first kappa shape index (κ1) is 18.4. The van der Waals surface area contributed by atoms with Gasteiger partial charge in [0.2, 0.25) is 5.91 Å². The summed E-state index contributed by atoms with van der Waals surface area (Å²) < 4.78 is 0. The zero-order valence-corrected chi connectivity index (χ0v) is 15.4. The highest BCUT2D eigenvalue weighted by molar-refractivity contribution is 5.79. The van der Waals surface area contributed by atoms with Crippen LogP contribution in [0.25, 0.3) is 0 Å². The zero-order valence-electron chi connectivity index (χ0n) is 15.4. The minimum Gasteiger partial charge on any atom is -0.395 e. The van der Waals surface area contributed by atoms with Gasteiger partial charge in [-0.25, -0.2) is 0 Å². The number of rotatable bonds is 6. The molecule has 1 saturated carbocycles. The molecule has 138 valence electrons. The quantitative estimate of drug-likeness (QED) is 0.834. The first-order valence-electron chi connectivity index (χ1n) is 9.90. The smallest absolute Gasteiger partial charge is 0.237 e. The van der Waals surface area contributed by atoms with E-state index >= 15 is 0 Å². The van der Waals surface area contributed by atoms with Gasteiger partial charge in [0.25, 0.3) is 0 Å². The van der Waals surface area contributed by atoms with E-state index in [0.29, 0.717) is 12.5 Å². The molecule has 0 radical (unpaired) electrons. The van der Waals surface area contributed by atoms with Crippen molar-refractivity contribution in [2.75, 3.05) is 19.7 Å². The minimum atomic E-state index is 0.0411. The van der Waals surface area contributed by atoms with Gasteiger partial charge in [0, 0.05) is 12.6 Å². The first-order chi connectivity index (χ1) is 12.2. The van der Waals surface area contributed by atoms with Crippen LogP contribution in [-0.4, -0.2) is 41.7 Å². The Morgan fingerprint density at radius 1 is 1.28 bits per heavy atom. The Bertz CT molecular complexity index is 569. The molecule has 4 nitrogen and oxygen atoms in total. The molecule has 1 aromatic rings. The molecule has 1 aliphatic carbocycles. The molecule has 2 N–H and O–H groups in total.